The zero-order valence-corrected chi connectivity index (χ0v) is 9.36. The molecule has 1 aromatic rings. The minimum Gasteiger partial charge on any atom is -0.368 e. The topological polar surface area (TPSA) is 110 Å². The molecule has 1 fully saturated rings. The van der Waals surface area contributed by atoms with E-state index in [4.69, 9.17) is 5.73 Å². The standard InChI is InChI=1S/C10H13N5O2/c1-5-4-7(14-10(11)12-5)13-6-2-3-8(16)15-9(6)17/h4,6H,2-3H2,1H3,(H,15,16,17)(H3,11,12,13,14). The molecule has 2 rings (SSSR count). The predicted octanol–water partition coefficient (Wildman–Crippen LogP) is -0.416. The van der Waals surface area contributed by atoms with Crippen LogP contribution in [0, 0.1) is 6.92 Å². The monoisotopic (exact) mass is 235 g/mol. The molecule has 2 heterocycles. The summed E-state index contributed by atoms with van der Waals surface area (Å²) in [5, 5.41) is 5.20. The van der Waals surface area contributed by atoms with Crippen molar-refractivity contribution >= 4 is 23.6 Å². The van der Waals surface area contributed by atoms with Gasteiger partial charge in [0.1, 0.15) is 11.9 Å². The van der Waals surface area contributed by atoms with Crippen LogP contribution >= 0.6 is 0 Å². The number of aryl methyl sites for hydroxylation is 1. The van der Waals surface area contributed by atoms with E-state index >= 15 is 0 Å². The van der Waals surface area contributed by atoms with Gasteiger partial charge in [-0.2, -0.15) is 4.98 Å². The number of anilines is 2. The second kappa shape index (κ2) is 4.36. The zero-order chi connectivity index (χ0) is 12.4. The van der Waals surface area contributed by atoms with Gasteiger partial charge in [-0.25, -0.2) is 4.98 Å². The molecule has 7 nitrogen and oxygen atoms in total. The fraction of sp³-hybridized carbons (Fsp3) is 0.400. The van der Waals surface area contributed by atoms with Gasteiger partial charge in [0.25, 0.3) is 0 Å². The molecule has 0 spiro atoms. The van der Waals surface area contributed by atoms with Crippen LogP contribution in [-0.4, -0.2) is 27.8 Å². The summed E-state index contributed by atoms with van der Waals surface area (Å²) in [5.74, 6) is 0.0619. The first-order valence-electron chi connectivity index (χ1n) is 5.26. The SMILES string of the molecule is Cc1cc(NC2CCC(=O)NC2=O)nc(N)n1. The van der Waals surface area contributed by atoms with Crippen molar-refractivity contribution in [1.29, 1.82) is 0 Å². The Balaban J connectivity index is 2.10. The molecular weight excluding hydrogens is 222 g/mol. The van der Waals surface area contributed by atoms with E-state index < -0.39 is 6.04 Å². The fourth-order valence-electron chi connectivity index (χ4n) is 1.68. The molecule has 0 aromatic carbocycles. The smallest absolute Gasteiger partial charge is 0.249 e. The first-order valence-corrected chi connectivity index (χ1v) is 5.26. The Morgan fingerprint density at radius 1 is 1.47 bits per heavy atom. The molecule has 1 saturated heterocycles. The third-order valence-corrected chi connectivity index (χ3v) is 2.43. The summed E-state index contributed by atoms with van der Waals surface area (Å²) in [7, 11) is 0. The lowest BCUT2D eigenvalue weighted by atomic mass is 10.1. The Bertz CT molecular complexity index is 454. The maximum Gasteiger partial charge on any atom is 0.249 e. The van der Waals surface area contributed by atoms with E-state index in [9.17, 15) is 9.59 Å². The van der Waals surface area contributed by atoms with Gasteiger partial charge < -0.3 is 11.1 Å². The minimum absolute atomic E-state index is 0.153. The highest BCUT2D eigenvalue weighted by Crippen LogP contribution is 2.13. The maximum atomic E-state index is 11.5. The molecule has 1 aliphatic heterocycles. The normalized spacial score (nSPS) is 19.9. The van der Waals surface area contributed by atoms with Crippen LogP contribution in [0.2, 0.25) is 0 Å². The molecule has 1 aromatic heterocycles. The van der Waals surface area contributed by atoms with E-state index in [1.54, 1.807) is 13.0 Å². The molecule has 0 bridgehead atoms. The number of nitrogens with two attached hydrogens (primary N) is 1. The number of rotatable bonds is 2. The van der Waals surface area contributed by atoms with E-state index in [2.05, 4.69) is 20.6 Å². The molecule has 90 valence electrons. The average molecular weight is 235 g/mol. The number of nitrogens with one attached hydrogen (secondary N) is 2. The summed E-state index contributed by atoms with van der Waals surface area (Å²) in [4.78, 5) is 30.4. The maximum absolute atomic E-state index is 11.5. The van der Waals surface area contributed by atoms with E-state index in [0.29, 0.717) is 24.4 Å². The second-order valence-corrected chi connectivity index (χ2v) is 3.90. The van der Waals surface area contributed by atoms with Gasteiger partial charge in [-0.05, 0) is 13.3 Å². The molecule has 0 saturated carbocycles. The molecular formula is C10H13N5O2. The summed E-state index contributed by atoms with van der Waals surface area (Å²) in [6.07, 6.45) is 0.774. The number of imide groups is 1. The van der Waals surface area contributed by atoms with Crippen molar-refractivity contribution in [2.24, 2.45) is 0 Å². The number of aromatic nitrogens is 2. The molecule has 2 amide bonds. The van der Waals surface area contributed by atoms with Gasteiger partial charge >= 0.3 is 0 Å². The first-order chi connectivity index (χ1) is 8.04. The number of piperidine rings is 1. The predicted molar refractivity (Wildman–Crippen MR) is 61.0 cm³/mol. The highest BCUT2D eigenvalue weighted by molar-refractivity contribution is 6.01. The molecule has 7 heteroatoms. The van der Waals surface area contributed by atoms with Gasteiger partial charge in [0, 0.05) is 18.2 Å². The van der Waals surface area contributed by atoms with Crippen molar-refractivity contribution in [1.82, 2.24) is 15.3 Å². The number of nitrogens with zero attached hydrogens (tertiary/aromatic N) is 2. The number of amides is 2. The van der Waals surface area contributed by atoms with Crippen molar-refractivity contribution in [3.8, 4) is 0 Å². The lowest BCUT2D eigenvalue weighted by molar-refractivity contribution is -0.133. The van der Waals surface area contributed by atoms with Crippen LogP contribution in [0.1, 0.15) is 18.5 Å². The molecule has 17 heavy (non-hydrogen) atoms. The van der Waals surface area contributed by atoms with Crippen LogP contribution in [0.3, 0.4) is 0 Å². The Kier molecular flexibility index (Phi) is 2.90. The Morgan fingerprint density at radius 2 is 2.24 bits per heavy atom. The number of nitrogen functional groups attached to an aromatic ring is 1. The summed E-state index contributed by atoms with van der Waals surface area (Å²) in [5.41, 5.74) is 6.22. The van der Waals surface area contributed by atoms with Gasteiger partial charge in [0.2, 0.25) is 17.8 Å². The van der Waals surface area contributed by atoms with Gasteiger partial charge in [-0.15, -0.1) is 0 Å². The van der Waals surface area contributed by atoms with E-state index in [0.717, 1.165) is 0 Å². The van der Waals surface area contributed by atoms with Gasteiger partial charge in [-0.1, -0.05) is 0 Å². The average Bonchev–Trinajstić information content (AvgIpc) is 2.21. The van der Waals surface area contributed by atoms with E-state index in [1.807, 2.05) is 0 Å². The highest BCUT2D eigenvalue weighted by Gasteiger charge is 2.26. The third-order valence-electron chi connectivity index (χ3n) is 2.43. The Labute approximate surface area is 97.8 Å². The van der Waals surface area contributed by atoms with Crippen molar-refractivity contribution in [2.45, 2.75) is 25.8 Å². The number of hydrogen-bond donors (Lipinski definition) is 3. The van der Waals surface area contributed by atoms with Crippen molar-refractivity contribution in [3.05, 3.63) is 11.8 Å². The third kappa shape index (κ3) is 2.68. The number of carbonyl (C=O) groups is 2. The number of carbonyl (C=O) groups excluding carboxylic acids is 2. The summed E-state index contributed by atoms with van der Waals surface area (Å²) < 4.78 is 0. The largest absolute Gasteiger partial charge is 0.368 e. The minimum atomic E-state index is -0.457. The summed E-state index contributed by atoms with van der Waals surface area (Å²) >= 11 is 0. The lowest BCUT2D eigenvalue weighted by Crippen LogP contribution is -2.47. The highest BCUT2D eigenvalue weighted by atomic mass is 16.2. The van der Waals surface area contributed by atoms with Gasteiger partial charge in [0.15, 0.2) is 0 Å². The van der Waals surface area contributed by atoms with Crippen LogP contribution in [0.5, 0.6) is 0 Å². The lowest BCUT2D eigenvalue weighted by Gasteiger charge is -2.22. The van der Waals surface area contributed by atoms with Gasteiger partial charge in [0.05, 0.1) is 0 Å². The fourth-order valence-corrected chi connectivity index (χ4v) is 1.68. The number of hydrogen-bond acceptors (Lipinski definition) is 6. The van der Waals surface area contributed by atoms with Crippen LogP contribution in [-0.2, 0) is 9.59 Å². The van der Waals surface area contributed by atoms with E-state index in [1.165, 1.54) is 0 Å². The Hall–Kier alpha value is -2.18. The van der Waals surface area contributed by atoms with Gasteiger partial charge in [-0.3, -0.25) is 14.9 Å². The molecule has 1 atom stereocenters. The first kappa shape index (κ1) is 11.3. The molecule has 1 unspecified atom stereocenters. The quantitative estimate of drug-likeness (QED) is 0.601. The van der Waals surface area contributed by atoms with Crippen LogP contribution in [0.25, 0.3) is 0 Å². The van der Waals surface area contributed by atoms with Crippen LogP contribution in [0.4, 0.5) is 11.8 Å². The summed E-state index contributed by atoms with van der Waals surface area (Å²) in [6, 6.07) is 1.24. The van der Waals surface area contributed by atoms with Crippen LogP contribution in [0.15, 0.2) is 6.07 Å². The summed E-state index contributed by atoms with van der Waals surface area (Å²) in [6.45, 7) is 1.79. The zero-order valence-electron chi connectivity index (χ0n) is 9.36. The van der Waals surface area contributed by atoms with Crippen molar-refractivity contribution in [2.75, 3.05) is 11.1 Å². The molecule has 0 aliphatic carbocycles. The van der Waals surface area contributed by atoms with Crippen molar-refractivity contribution < 1.29 is 9.59 Å². The van der Waals surface area contributed by atoms with Crippen molar-refractivity contribution in [3.63, 3.8) is 0 Å². The molecule has 4 N–H and O–H groups in total. The Morgan fingerprint density at radius 3 is 2.88 bits per heavy atom. The van der Waals surface area contributed by atoms with E-state index in [-0.39, 0.29) is 17.8 Å². The second-order valence-electron chi connectivity index (χ2n) is 3.90. The molecule has 1 aliphatic rings. The molecule has 0 radical (unpaired) electrons. The van der Waals surface area contributed by atoms with Crippen LogP contribution < -0.4 is 16.4 Å².